The third kappa shape index (κ3) is 5.36. The quantitative estimate of drug-likeness (QED) is 0.611. The van der Waals surface area contributed by atoms with Gasteiger partial charge in [0.15, 0.2) is 16.6 Å². The second-order valence-electron chi connectivity index (χ2n) is 4.70. The molecule has 2 rings (SSSR count). The molecule has 0 saturated heterocycles. The predicted octanol–water partition coefficient (Wildman–Crippen LogP) is 2.97. The predicted molar refractivity (Wildman–Crippen MR) is 100 cm³/mol. The third-order valence-electron chi connectivity index (χ3n) is 3.07. The summed E-state index contributed by atoms with van der Waals surface area (Å²) in [5.74, 6) is 0.944. The van der Waals surface area contributed by atoms with E-state index in [4.69, 9.17) is 21.7 Å². The highest BCUT2D eigenvalue weighted by molar-refractivity contribution is 7.80. The molecule has 0 saturated carbocycles. The lowest BCUT2D eigenvalue weighted by molar-refractivity contribution is -0.115. The summed E-state index contributed by atoms with van der Waals surface area (Å²) in [6, 6.07) is 9.37. The van der Waals surface area contributed by atoms with Gasteiger partial charge in [-0.25, -0.2) is 0 Å². The molecular formula is C17H18N2O3S2. The van der Waals surface area contributed by atoms with Gasteiger partial charge in [-0.3, -0.25) is 10.1 Å². The smallest absolute Gasteiger partial charge is 0.250 e. The van der Waals surface area contributed by atoms with E-state index in [-0.39, 0.29) is 5.91 Å². The Labute approximate surface area is 150 Å². The van der Waals surface area contributed by atoms with Crippen LogP contribution in [0, 0.1) is 0 Å². The van der Waals surface area contributed by atoms with Crippen LogP contribution in [0.25, 0.3) is 6.08 Å². The zero-order valence-corrected chi connectivity index (χ0v) is 15.0. The molecular weight excluding hydrogens is 344 g/mol. The molecule has 1 aromatic carbocycles. The van der Waals surface area contributed by atoms with E-state index in [2.05, 4.69) is 10.6 Å². The molecule has 24 heavy (non-hydrogen) atoms. The van der Waals surface area contributed by atoms with Gasteiger partial charge in [0.1, 0.15) is 0 Å². The summed E-state index contributed by atoms with van der Waals surface area (Å²) >= 11 is 6.72. The van der Waals surface area contributed by atoms with Crippen LogP contribution < -0.4 is 20.1 Å². The van der Waals surface area contributed by atoms with Crippen LogP contribution in [0.15, 0.2) is 41.8 Å². The molecule has 0 unspecified atom stereocenters. The maximum atomic E-state index is 11.9. The van der Waals surface area contributed by atoms with Crippen molar-refractivity contribution in [3.8, 4) is 11.5 Å². The lowest BCUT2D eigenvalue weighted by Gasteiger charge is -2.08. The number of benzene rings is 1. The maximum absolute atomic E-state index is 11.9. The number of rotatable bonds is 6. The van der Waals surface area contributed by atoms with E-state index < -0.39 is 0 Å². The molecule has 5 nitrogen and oxygen atoms in total. The van der Waals surface area contributed by atoms with Crippen LogP contribution >= 0.6 is 23.6 Å². The number of hydrogen-bond donors (Lipinski definition) is 2. The van der Waals surface area contributed by atoms with Crippen molar-refractivity contribution in [2.24, 2.45) is 0 Å². The number of thiocarbonyl (C=S) groups is 1. The van der Waals surface area contributed by atoms with Crippen molar-refractivity contribution < 1.29 is 14.3 Å². The minimum absolute atomic E-state index is 0.297. The summed E-state index contributed by atoms with van der Waals surface area (Å²) < 4.78 is 10.4. The van der Waals surface area contributed by atoms with Crippen LogP contribution in [0.2, 0.25) is 0 Å². The van der Waals surface area contributed by atoms with Crippen molar-refractivity contribution in [3.63, 3.8) is 0 Å². The van der Waals surface area contributed by atoms with E-state index in [1.807, 2.05) is 23.6 Å². The molecule has 2 N–H and O–H groups in total. The Bertz CT molecular complexity index is 727. The minimum atomic E-state index is -0.298. The average molecular weight is 362 g/mol. The molecule has 1 heterocycles. The van der Waals surface area contributed by atoms with Gasteiger partial charge in [0, 0.05) is 11.0 Å². The van der Waals surface area contributed by atoms with E-state index >= 15 is 0 Å². The number of methoxy groups -OCH3 is 2. The van der Waals surface area contributed by atoms with Crippen molar-refractivity contribution in [1.29, 1.82) is 0 Å². The van der Waals surface area contributed by atoms with Gasteiger partial charge in [0.25, 0.3) is 0 Å². The van der Waals surface area contributed by atoms with Crippen molar-refractivity contribution in [3.05, 3.63) is 52.2 Å². The first-order chi connectivity index (χ1) is 11.6. The zero-order valence-electron chi connectivity index (χ0n) is 13.4. The molecule has 0 aliphatic rings. The van der Waals surface area contributed by atoms with E-state index in [9.17, 15) is 4.79 Å². The molecule has 0 bridgehead atoms. The Morgan fingerprint density at radius 1 is 1.25 bits per heavy atom. The van der Waals surface area contributed by atoms with Crippen LogP contribution in [-0.4, -0.2) is 25.2 Å². The molecule has 2 aromatic rings. The Morgan fingerprint density at radius 2 is 2.04 bits per heavy atom. The van der Waals surface area contributed by atoms with Gasteiger partial charge in [-0.15, -0.1) is 11.3 Å². The maximum Gasteiger partial charge on any atom is 0.250 e. The standard InChI is InChI=1S/C17H18N2O3S2/c1-21-14-7-5-12(10-15(14)22-2)6-8-16(20)19-17(23)18-11-13-4-3-9-24-13/h3-10H,11H2,1-2H3,(H2,18,19,20,23). The van der Waals surface area contributed by atoms with Gasteiger partial charge in [-0.05, 0) is 47.4 Å². The molecule has 7 heteroatoms. The summed E-state index contributed by atoms with van der Waals surface area (Å²) in [5.41, 5.74) is 0.820. The van der Waals surface area contributed by atoms with Crippen LogP contribution in [0.4, 0.5) is 0 Å². The lowest BCUT2D eigenvalue weighted by Crippen LogP contribution is -2.37. The molecule has 126 valence electrons. The number of nitrogens with one attached hydrogen (secondary N) is 2. The minimum Gasteiger partial charge on any atom is -0.493 e. The average Bonchev–Trinajstić information content (AvgIpc) is 3.11. The molecule has 0 aliphatic heterocycles. The molecule has 1 amide bonds. The number of amides is 1. The van der Waals surface area contributed by atoms with Crippen LogP contribution in [-0.2, 0) is 11.3 Å². The van der Waals surface area contributed by atoms with Crippen LogP contribution in [0.1, 0.15) is 10.4 Å². The highest BCUT2D eigenvalue weighted by atomic mass is 32.1. The van der Waals surface area contributed by atoms with E-state index in [0.29, 0.717) is 23.2 Å². The SMILES string of the molecule is COc1ccc(C=CC(=O)NC(=S)NCc2cccs2)cc1OC. The van der Waals surface area contributed by atoms with E-state index in [1.165, 1.54) is 6.08 Å². The van der Waals surface area contributed by atoms with E-state index in [0.717, 1.165) is 10.4 Å². The summed E-state index contributed by atoms with van der Waals surface area (Å²) in [6.07, 6.45) is 3.10. The first kappa shape index (κ1) is 18.0. The van der Waals surface area contributed by atoms with Crippen molar-refractivity contribution in [2.75, 3.05) is 14.2 Å². The number of carbonyl (C=O) groups is 1. The Hall–Kier alpha value is -2.38. The number of ether oxygens (including phenoxy) is 2. The van der Waals surface area contributed by atoms with Gasteiger partial charge < -0.3 is 14.8 Å². The second-order valence-corrected chi connectivity index (χ2v) is 6.14. The van der Waals surface area contributed by atoms with Gasteiger partial charge in [0.2, 0.25) is 5.91 Å². The fraction of sp³-hybridized carbons (Fsp3) is 0.176. The van der Waals surface area contributed by atoms with Crippen molar-refractivity contribution in [2.45, 2.75) is 6.54 Å². The fourth-order valence-electron chi connectivity index (χ4n) is 1.91. The molecule has 0 aliphatic carbocycles. The summed E-state index contributed by atoms with van der Waals surface area (Å²) in [6.45, 7) is 0.593. The summed E-state index contributed by atoms with van der Waals surface area (Å²) in [5, 5.41) is 7.88. The normalized spacial score (nSPS) is 10.4. The molecule has 0 fully saturated rings. The third-order valence-corrected chi connectivity index (χ3v) is 4.20. The number of thiophene rings is 1. The highest BCUT2D eigenvalue weighted by Gasteiger charge is 2.04. The first-order valence-corrected chi connectivity index (χ1v) is 8.42. The zero-order chi connectivity index (χ0) is 17.4. The monoisotopic (exact) mass is 362 g/mol. The van der Waals surface area contributed by atoms with Gasteiger partial charge >= 0.3 is 0 Å². The van der Waals surface area contributed by atoms with Crippen LogP contribution in [0.3, 0.4) is 0 Å². The Morgan fingerprint density at radius 3 is 2.71 bits per heavy atom. The largest absolute Gasteiger partial charge is 0.493 e. The molecule has 0 radical (unpaired) electrons. The second kappa shape index (κ2) is 9.05. The Balaban J connectivity index is 1.87. The Kier molecular flexibility index (Phi) is 6.77. The molecule has 0 spiro atoms. The van der Waals surface area contributed by atoms with Crippen molar-refractivity contribution in [1.82, 2.24) is 10.6 Å². The summed E-state index contributed by atoms with van der Waals surface area (Å²) in [4.78, 5) is 13.0. The lowest BCUT2D eigenvalue weighted by atomic mass is 10.2. The van der Waals surface area contributed by atoms with Crippen molar-refractivity contribution >= 4 is 40.7 Å². The van der Waals surface area contributed by atoms with Crippen LogP contribution in [0.5, 0.6) is 11.5 Å². The summed E-state index contributed by atoms with van der Waals surface area (Å²) in [7, 11) is 3.14. The molecule has 0 atom stereocenters. The van der Waals surface area contributed by atoms with Gasteiger partial charge in [-0.2, -0.15) is 0 Å². The molecule has 1 aromatic heterocycles. The highest BCUT2D eigenvalue weighted by Crippen LogP contribution is 2.27. The van der Waals surface area contributed by atoms with E-state index in [1.54, 1.807) is 43.8 Å². The number of carbonyl (C=O) groups excluding carboxylic acids is 1. The first-order valence-electron chi connectivity index (χ1n) is 7.13. The topological polar surface area (TPSA) is 59.6 Å². The van der Waals surface area contributed by atoms with Gasteiger partial charge in [-0.1, -0.05) is 12.1 Å². The fourth-order valence-corrected chi connectivity index (χ4v) is 2.72. The van der Waals surface area contributed by atoms with Gasteiger partial charge in [0.05, 0.1) is 20.8 Å². The number of hydrogen-bond acceptors (Lipinski definition) is 5.